The smallest absolute Gasteiger partial charge is 0.0789 e. The van der Waals surface area contributed by atoms with Gasteiger partial charge in [0.15, 0.2) is 0 Å². The molecule has 1 unspecified atom stereocenters. The zero-order valence-corrected chi connectivity index (χ0v) is 10.7. The van der Waals surface area contributed by atoms with Gasteiger partial charge in [-0.3, -0.25) is 4.21 Å². The predicted molar refractivity (Wildman–Crippen MR) is 61.9 cm³/mol. The summed E-state index contributed by atoms with van der Waals surface area (Å²) < 4.78 is 17.3. The second-order valence-corrected chi connectivity index (χ2v) is 6.26. The number of hydrogen-bond donors (Lipinski definition) is 0. The molecule has 0 heterocycles. The van der Waals surface area contributed by atoms with Crippen molar-refractivity contribution in [1.82, 2.24) is 0 Å². The van der Waals surface area contributed by atoms with E-state index in [0.717, 1.165) is 42.0 Å². The van der Waals surface area contributed by atoms with Gasteiger partial charge in [-0.25, -0.2) is 0 Å². The van der Waals surface area contributed by atoms with Crippen molar-refractivity contribution in [3.05, 3.63) is 0 Å². The molecule has 4 heteroatoms. The van der Waals surface area contributed by atoms with Gasteiger partial charge in [0.25, 0.3) is 0 Å². The first-order valence-corrected chi connectivity index (χ1v) is 6.59. The molecule has 0 aliphatic heterocycles. The Morgan fingerprint density at radius 1 is 1.14 bits per heavy atom. The molecular formula is C10H24NO2S+. The molecule has 0 rings (SSSR count). The van der Waals surface area contributed by atoms with E-state index >= 15 is 0 Å². The van der Waals surface area contributed by atoms with Crippen LogP contribution in [0.2, 0.25) is 0 Å². The van der Waals surface area contributed by atoms with E-state index in [-0.39, 0.29) is 0 Å². The molecule has 0 aliphatic carbocycles. The lowest BCUT2D eigenvalue weighted by Crippen LogP contribution is -2.35. The molecule has 0 saturated carbocycles. The molecule has 0 radical (unpaired) electrons. The molecule has 0 spiro atoms. The molecule has 0 aromatic heterocycles. The van der Waals surface area contributed by atoms with Crippen LogP contribution in [-0.4, -0.2) is 61.6 Å². The van der Waals surface area contributed by atoms with Gasteiger partial charge in [-0.05, 0) is 6.42 Å². The maximum Gasteiger partial charge on any atom is 0.0789 e. The van der Waals surface area contributed by atoms with Crippen LogP contribution >= 0.6 is 0 Å². The largest absolute Gasteiger partial charge is 0.385 e. The van der Waals surface area contributed by atoms with Crippen LogP contribution in [0.5, 0.6) is 0 Å². The van der Waals surface area contributed by atoms with Gasteiger partial charge in [-0.1, -0.05) is 0 Å². The second kappa shape index (κ2) is 7.37. The third-order valence-electron chi connectivity index (χ3n) is 1.92. The third kappa shape index (κ3) is 10.2. The van der Waals surface area contributed by atoms with Crippen LogP contribution in [0, 0.1) is 0 Å². The molecule has 3 nitrogen and oxygen atoms in total. The van der Waals surface area contributed by atoms with Crippen LogP contribution in [0.1, 0.15) is 12.8 Å². The van der Waals surface area contributed by atoms with Crippen molar-refractivity contribution in [3.8, 4) is 0 Å². The lowest BCUT2D eigenvalue weighted by atomic mass is 10.4. The van der Waals surface area contributed by atoms with Gasteiger partial charge < -0.3 is 9.22 Å². The molecule has 0 aromatic rings. The first kappa shape index (κ1) is 14.1. The molecule has 0 saturated heterocycles. The average Bonchev–Trinajstić information content (AvgIpc) is 2.02. The highest BCUT2D eigenvalue weighted by Crippen LogP contribution is 1.97. The van der Waals surface area contributed by atoms with Crippen molar-refractivity contribution < 1.29 is 13.4 Å². The second-order valence-electron chi connectivity index (χ2n) is 4.56. The highest BCUT2D eigenvalue weighted by Gasteiger charge is 2.07. The molecule has 14 heavy (non-hydrogen) atoms. The summed E-state index contributed by atoms with van der Waals surface area (Å²) in [4.78, 5) is 0. The molecule has 0 aliphatic rings. The van der Waals surface area contributed by atoms with Gasteiger partial charge in [0, 0.05) is 42.4 Å². The molecule has 1 atom stereocenters. The molecule has 86 valence electrons. The fourth-order valence-electron chi connectivity index (χ4n) is 1.17. The van der Waals surface area contributed by atoms with Crippen LogP contribution in [0.3, 0.4) is 0 Å². The number of rotatable bonds is 8. The summed E-state index contributed by atoms with van der Waals surface area (Å²) in [6.45, 7) is 1.82. The van der Waals surface area contributed by atoms with E-state index in [1.54, 1.807) is 7.11 Å². The van der Waals surface area contributed by atoms with Gasteiger partial charge in [-0.15, -0.1) is 0 Å². The Balaban J connectivity index is 3.36. The normalized spacial score (nSPS) is 14.3. The summed E-state index contributed by atoms with van der Waals surface area (Å²) in [6, 6.07) is 0. The Labute approximate surface area is 90.5 Å². The Morgan fingerprint density at radius 3 is 2.21 bits per heavy atom. The van der Waals surface area contributed by atoms with Crippen LogP contribution in [0.25, 0.3) is 0 Å². The minimum absolute atomic E-state index is 0.646. The highest BCUT2D eigenvalue weighted by molar-refractivity contribution is 7.84. The minimum atomic E-state index is -0.646. The van der Waals surface area contributed by atoms with Gasteiger partial charge >= 0.3 is 0 Å². The van der Waals surface area contributed by atoms with Crippen molar-refractivity contribution in [3.63, 3.8) is 0 Å². The number of quaternary nitrogens is 1. The fraction of sp³-hybridized carbons (Fsp3) is 1.00. The molecule has 0 bridgehead atoms. The molecule has 0 aromatic carbocycles. The van der Waals surface area contributed by atoms with Crippen LogP contribution in [0.15, 0.2) is 0 Å². The van der Waals surface area contributed by atoms with Crippen molar-refractivity contribution in [2.75, 3.05) is 52.9 Å². The number of nitrogens with zero attached hydrogens (tertiary/aromatic N) is 1. The summed E-state index contributed by atoms with van der Waals surface area (Å²) >= 11 is 0. The van der Waals surface area contributed by atoms with E-state index < -0.39 is 10.8 Å². The van der Waals surface area contributed by atoms with Crippen LogP contribution < -0.4 is 0 Å². The zero-order valence-electron chi connectivity index (χ0n) is 9.91. The van der Waals surface area contributed by atoms with E-state index in [1.165, 1.54) is 0 Å². The number of hydrogen-bond acceptors (Lipinski definition) is 2. The van der Waals surface area contributed by atoms with Crippen molar-refractivity contribution in [2.45, 2.75) is 12.8 Å². The van der Waals surface area contributed by atoms with E-state index in [0.29, 0.717) is 0 Å². The Kier molecular flexibility index (Phi) is 7.41. The molecule has 0 amide bonds. The average molecular weight is 222 g/mol. The summed E-state index contributed by atoms with van der Waals surface area (Å²) in [5.41, 5.74) is 0. The summed E-state index contributed by atoms with van der Waals surface area (Å²) in [7, 11) is 7.52. The number of ether oxygens (including phenoxy) is 1. The first-order valence-electron chi connectivity index (χ1n) is 5.10. The third-order valence-corrected chi connectivity index (χ3v) is 3.41. The zero-order chi connectivity index (χ0) is 11.0. The SMILES string of the molecule is COCCCS(=O)CCC[N+](C)(C)C. The molecular weight excluding hydrogens is 198 g/mol. The van der Waals surface area contributed by atoms with Gasteiger partial charge in [0.1, 0.15) is 0 Å². The lowest BCUT2D eigenvalue weighted by Gasteiger charge is -2.23. The summed E-state index contributed by atoms with van der Waals surface area (Å²) in [5.74, 6) is 1.62. The van der Waals surface area contributed by atoms with Crippen molar-refractivity contribution in [2.24, 2.45) is 0 Å². The van der Waals surface area contributed by atoms with Crippen molar-refractivity contribution >= 4 is 10.8 Å². The van der Waals surface area contributed by atoms with E-state index in [9.17, 15) is 4.21 Å². The monoisotopic (exact) mass is 222 g/mol. The fourth-order valence-corrected chi connectivity index (χ4v) is 2.26. The highest BCUT2D eigenvalue weighted by atomic mass is 32.2. The maximum absolute atomic E-state index is 11.5. The van der Waals surface area contributed by atoms with Gasteiger partial charge in [0.05, 0.1) is 27.7 Å². The minimum Gasteiger partial charge on any atom is -0.385 e. The first-order chi connectivity index (χ1) is 6.45. The Bertz CT molecular complexity index is 166. The number of methoxy groups -OCH3 is 1. The quantitative estimate of drug-likeness (QED) is 0.450. The van der Waals surface area contributed by atoms with Crippen LogP contribution in [0.4, 0.5) is 0 Å². The Hall–Kier alpha value is 0.0700. The summed E-state index contributed by atoms with van der Waals surface area (Å²) in [6.07, 6.45) is 1.95. The van der Waals surface area contributed by atoms with E-state index in [2.05, 4.69) is 21.1 Å². The van der Waals surface area contributed by atoms with E-state index in [1.807, 2.05) is 0 Å². The molecule has 0 fully saturated rings. The summed E-state index contributed by atoms with van der Waals surface area (Å²) in [5, 5.41) is 0. The molecule has 0 N–H and O–H groups in total. The standard InChI is InChI=1S/C10H24NO2S/c1-11(2,3)7-5-9-14(12)10-6-8-13-4/h5-10H2,1-4H3/q+1. The van der Waals surface area contributed by atoms with Crippen LogP contribution in [-0.2, 0) is 15.5 Å². The van der Waals surface area contributed by atoms with Crippen molar-refractivity contribution in [1.29, 1.82) is 0 Å². The van der Waals surface area contributed by atoms with Gasteiger partial charge in [-0.2, -0.15) is 0 Å². The predicted octanol–water partition coefficient (Wildman–Crippen LogP) is 0.868. The Morgan fingerprint density at radius 2 is 1.71 bits per heavy atom. The maximum atomic E-state index is 11.5. The van der Waals surface area contributed by atoms with E-state index in [4.69, 9.17) is 4.74 Å². The van der Waals surface area contributed by atoms with Gasteiger partial charge in [0.2, 0.25) is 0 Å². The lowest BCUT2D eigenvalue weighted by molar-refractivity contribution is -0.870. The topological polar surface area (TPSA) is 26.3 Å².